The number of rotatable bonds is 7. The first-order valence-corrected chi connectivity index (χ1v) is 12.0. The highest BCUT2D eigenvalue weighted by Crippen LogP contribution is 2.29. The van der Waals surface area contributed by atoms with Crippen molar-refractivity contribution in [3.05, 3.63) is 125 Å². The lowest BCUT2D eigenvalue weighted by Gasteiger charge is -2.26. The van der Waals surface area contributed by atoms with Gasteiger partial charge in [-0.05, 0) is 48.5 Å². The van der Waals surface area contributed by atoms with Gasteiger partial charge in [-0.15, -0.1) is 0 Å². The summed E-state index contributed by atoms with van der Waals surface area (Å²) in [6, 6.07) is 29.2. The number of ether oxygens (including phenoxy) is 1. The first kappa shape index (κ1) is 23.7. The Kier molecular flexibility index (Phi) is 6.88. The first-order valence-electron chi connectivity index (χ1n) is 10.5. The molecule has 0 aliphatic rings. The van der Waals surface area contributed by atoms with Crippen LogP contribution in [0.1, 0.15) is 5.56 Å². The summed E-state index contributed by atoms with van der Waals surface area (Å²) in [5, 5.41) is 11.1. The van der Waals surface area contributed by atoms with Crippen LogP contribution < -0.4 is 9.04 Å². The molecule has 0 unspecified atom stereocenters. The average Bonchev–Trinajstić information content (AvgIpc) is 2.90. The Morgan fingerprint density at radius 1 is 0.829 bits per heavy atom. The standard InChI is InChI=1S/C26H21N3O5S/c1-34-24-16-12-21(13-17-24)27-26(20-8-4-2-5-9-20)28(22-10-6-3-7-11-22)35(32,33)25-18-14-23(15-19-25)29(30)31/h2-19H,1H3. The van der Waals surface area contributed by atoms with Gasteiger partial charge in [0.05, 0.1) is 28.3 Å². The quantitative estimate of drug-likeness (QED) is 0.147. The highest BCUT2D eigenvalue weighted by atomic mass is 32.2. The third-order valence-electron chi connectivity index (χ3n) is 5.11. The number of non-ortho nitro benzene ring substituents is 1. The van der Waals surface area contributed by atoms with E-state index in [-0.39, 0.29) is 16.4 Å². The Hall–Kier alpha value is -4.50. The second kappa shape index (κ2) is 10.2. The number of para-hydroxylation sites is 1. The summed E-state index contributed by atoms with van der Waals surface area (Å²) >= 11 is 0. The minimum absolute atomic E-state index is 0.106. The van der Waals surface area contributed by atoms with E-state index in [0.717, 1.165) is 4.31 Å². The Labute approximate surface area is 203 Å². The molecule has 0 saturated carbocycles. The van der Waals surface area contributed by atoms with Crippen molar-refractivity contribution in [3.63, 3.8) is 0 Å². The molecule has 0 atom stereocenters. The lowest BCUT2D eigenvalue weighted by molar-refractivity contribution is -0.384. The van der Waals surface area contributed by atoms with E-state index < -0.39 is 14.9 Å². The smallest absolute Gasteiger partial charge is 0.269 e. The predicted octanol–water partition coefficient (Wildman–Crippen LogP) is 5.58. The monoisotopic (exact) mass is 487 g/mol. The second-order valence-corrected chi connectivity index (χ2v) is 9.14. The zero-order valence-corrected chi connectivity index (χ0v) is 19.5. The molecule has 0 radical (unpaired) electrons. The van der Waals surface area contributed by atoms with Gasteiger partial charge in [-0.3, -0.25) is 10.1 Å². The molecule has 8 nitrogen and oxygen atoms in total. The first-order chi connectivity index (χ1) is 16.9. The zero-order chi connectivity index (χ0) is 24.8. The number of hydrogen-bond donors (Lipinski definition) is 0. The van der Waals surface area contributed by atoms with Crippen LogP contribution in [0.4, 0.5) is 17.1 Å². The summed E-state index contributed by atoms with van der Waals surface area (Å²) in [5.41, 5.74) is 1.24. The van der Waals surface area contributed by atoms with E-state index in [2.05, 4.69) is 0 Å². The van der Waals surface area contributed by atoms with Crippen LogP contribution in [-0.4, -0.2) is 26.3 Å². The van der Waals surface area contributed by atoms with Gasteiger partial charge in [-0.25, -0.2) is 17.7 Å². The average molecular weight is 488 g/mol. The molecule has 0 fully saturated rings. The van der Waals surface area contributed by atoms with Gasteiger partial charge in [0.15, 0.2) is 5.84 Å². The molecule has 0 heterocycles. The van der Waals surface area contributed by atoms with E-state index in [1.807, 2.05) is 6.07 Å². The van der Waals surface area contributed by atoms with Crippen LogP contribution in [-0.2, 0) is 10.0 Å². The van der Waals surface area contributed by atoms with Crippen molar-refractivity contribution in [2.75, 3.05) is 11.4 Å². The topological polar surface area (TPSA) is 102 Å². The van der Waals surface area contributed by atoms with Crippen molar-refractivity contribution in [2.24, 2.45) is 4.99 Å². The van der Waals surface area contributed by atoms with Crippen molar-refractivity contribution < 1.29 is 18.1 Å². The van der Waals surface area contributed by atoms with Crippen LogP contribution in [0, 0.1) is 10.1 Å². The molecule has 0 saturated heterocycles. The molecule has 4 aromatic carbocycles. The third kappa shape index (κ3) is 5.20. The number of nitro benzene ring substituents is 1. The number of amidine groups is 1. The van der Waals surface area contributed by atoms with E-state index in [1.54, 1.807) is 86.0 Å². The van der Waals surface area contributed by atoms with E-state index in [9.17, 15) is 18.5 Å². The molecule has 176 valence electrons. The lowest BCUT2D eigenvalue weighted by Crippen LogP contribution is -2.37. The van der Waals surface area contributed by atoms with Crippen LogP contribution in [0.5, 0.6) is 5.75 Å². The lowest BCUT2D eigenvalue weighted by atomic mass is 10.2. The van der Waals surface area contributed by atoms with Gasteiger partial charge in [0, 0.05) is 17.7 Å². The normalized spacial score (nSPS) is 11.6. The number of hydrogen-bond acceptors (Lipinski definition) is 6. The Morgan fingerprint density at radius 2 is 1.40 bits per heavy atom. The number of nitrogens with zero attached hydrogens (tertiary/aromatic N) is 3. The number of aliphatic imine (C=N–C) groups is 1. The summed E-state index contributed by atoms with van der Waals surface area (Å²) in [6.07, 6.45) is 0. The van der Waals surface area contributed by atoms with Crippen molar-refractivity contribution in [1.29, 1.82) is 0 Å². The van der Waals surface area contributed by atoms with Crippen LogP contribution >= 0.6 is 0 Å². The van der Waals surface area contributed by atoms with Gasteiger partial charge in [0.1, 0.15) is 5.75 Å². The molecule has 0 amide bonds. The number of benzene rings is 4. The largest absolute Gasteiger partial charge is 0.497 e. The summed E-state index contributed by atoms with van der Waals surface area (Å²) in [4.78, 5) is 15.1. The molecule has 0 aliphatic heterocycles. The Morgan fingerprint density at radius 3 is 1.94 bits per heavy atom. The second-order valence-electron chi connectivity index (χ2n) is 7.36. The van der Waals surface area contributed by atoms with Crippen molar-refractivity contribution in [3.8, 4) is 5.75 Å². The number of nitro groups is 1. The van der Waals surface area contributed by atoms with E-state index in [0.29, 0.717) is 22.7 Å². The summed E-state index contributed by atoms with van der Waals surface area (Å²) in [5.74, 6) is 0.809. The Bertz CT molecular complexity index is 1440. The van der Waals surface area contributed by atoms with Crippen LogP contribution in [0.2, 0.25) is 0 Å². The predicted molar refractivity (Wildman–Crippen MR) is 135 cm³/mol. The third-order valence-corrected chi connectivity index (χ3v) is 6.84. The maximum absolute atomic E-state index is 14.0. The van der Waals surface area contributed by atoms with Crippen LogP contribution in [0.3, 0.4) is 0 Å². The highest BCUT2D eigenvalue weighted by Gasteiger charge is 2.31. The van der Waals surface area contributed by atoms with Crippen LogP contribution in [0.15, 0.2) is 119 Å². The summed E-state index contributed by atoms with van der Waals surface area (Å²) in [7, 11) is -2.66. The summed E-state index contributed by atoms with van der Waals surface area (Å²) < 4.78 is 34.3. The molecule has 0 bridgehead atoms. The van der Waals surface area contributed by atoms with Crippen molar-refractivity contribution in [1.82, 2.24) is 0 Å². The van der Waals surface area contributed by atoms with Crippen molar-refractivity contribution >= 4 is 32.9 Å². The minimum Gasteiger partial charge on any atom is -0.497 e. The van der Waals surface area contributed by atoms with Crippen molar-refractivity contribution in [2.45, 2.75) is 4.90 Å². The van der Waals surface area contributed by atoms with Crippen LogP contribution in [0.25, 0.3) is 0 Å². The van der Waals surface area contributed by atoms with E-state index in [1.165, 1.54) is 24.3 Å². The molecule has 4 rings (SSSR count). The fourth-order valence-electron chi connectivity index (χ4n) is 3.38. The van der Waals surface area contributed by atoms with E-state index in [4.69, 9.17) is 9.73 Å². The molecule has 0 aromatic heterocycles. The summed E-state index contributed by atoms with van der Waals surface area (Å²) in [6.45, 7) is 0. The number of sulfonamides is 1. The SMILES string of the molecule is COc1ccc(N=C(c2ccccc2)N(c2ccccc2)S(=O)(=O)c2ccc([N+](=O)[O-])cc2)cc1. The van der Waals surface area contributed by atoms with Gasteiger partial charge in [-0.1, -0.05) is 48.5 Å². The molecule has 0 spiro atoms. The number of methoxy groups -OCH3 is 1. The van der Waals surface area contributed by atoms with Gasteiger partial charge in [0.2, 0.25) is 0 Å². The molecular weight excluding hydrogens is 466 g/mol. The molecule has 4 aromatic rings. The zero-order valence-electron chi connectivity index (χ0n) is 18.7. The molecule has 35 heavy (non-hydrogen) atoms. The minimum atomic E-state index is -4.22. The van der Waals surface area contributed by atoms with Gasteiger partial charge >= 0.3 is 0 Å². The number of anilines is 1. The van der Waals surface area contributed by atoms with Gasteiger partial charge < -0.3 is 4.74 Å². The van der Waals surface area contributed by atoms with E-state index >= 15 is 0 Å². The maximum atomic E-state index is 14.0. The highest BCUT2D eigenvalue weighted by molar-refractivity contribution is 7.93. The van der Waals surface area contributed by atoms with Gasteiger partial charge in [-0.2, -0.15) is 0 Å². The molecule has 9 heteroatoms. The molecule has 0 N–H and O–H groups in total. The molecular formula is C26H21N3O5S. The maximum Gasteiger partial charge on any atom is 0.269 e. The Balaban J connectivity index is 1.94. The fraction of sp³-hybridized carbons (Fsp3) is 0.0385. The fourth-order valence-corrected chi connectivity index (χ4v) is 4.84. The van der Waals surface area contributed by atoms with Gasteiger partial charge in [0.25, 0.3) is 15.7 Å². The molecule has 0 aliphatic carbocycles.